The van der Waals surface area contributed by atoms with Crippen molar-refractivity contribution >= 4 is 47.5 Å². The van der Waals surface area contributed by atoms with Gasteiger partial charge >= 0.3 is 41.5 Å². The summed E-state index contributed by atoms with van der Waals surface area (Å²) in [6.45, 7) is 2.06. The summed E-state index contributed by atoms with van der Waals surface area (Å²) in [4.78, 5) is 24.3. The normalized spacial score (nSPS) is 10.6. The van der Waals surface area contributed by atoms with E-state index in [4.69, 9.17) is 15.9 Å². The van der Waals surface area contributed by atoms with Crippen LogP contribution in [0, 0.1) is 5.41 Å². The summed E-state index contributed by atoms with van der Waals surface area (Å²) in [6.07, 6.45) is 20.5. The van der Waals surface area contributed by atoms with Crippen LogP contribution in [-0.4, -0.2) is 65.9 Å². The van der Waals surface area contributed by atoms with Crippen LogP contribution in [0.1, 0.15) is 96.8 Å². The molecule has 0 fully saturated rings. The van der Waals surface area contributed by atoms with E-state index in [9.17, 15) is 9.59 Å². The van der Waals surface area contributed by atoms with Crippen molar-refractivity contribution in [1.82, 2.24) is 4.90 Å². The Bertz CT molecular complexity index is 470. The van der Waals surface area contributed by atoms with E-state index < -0.39 is 11.9 Å². The number of nitrogens with zero attached hydrogens (tertiary/aromatic N) is 1. The van der Waals surface area contributed by atoms with Gasteiger partial charge in [0.25, 0.3) is 0 Å². The van der Waals surface area contributed by atoms with Crippen LogP contribution >= 0.6 is 0 Å². The molecule has 6 nitrogen and oxygen atoms in total. The summed E-state index contributed by atoms with van der Waals surface area (Å²) >= 11 is 0. The first-order chi connectivity index (χ1) is 13.5. The average Bonchev–Trinajstić information content (AvgIpc) is 2.64. The van der Waals surface area contributed by atoms with Crippen molar-refractivity contribution < 1.29 is 14.3 Å². The van der Waals surface area contributed by atoms with Gasteiger partial charge in [-0.05, 0) is 32.1 Å². The van der Waals surface area contributed by atoms with Gasteiger partial charge in [0, 0.05) is 13.5 Å². The van der Waals surface area contributed by atoms with Gasteiger partial charge in [-0.1, -0.05) is 70.4 Å². The number of allylic oxidation sites excluding steroid dienone is 2. The third-order valence-corrected chi connectivity index (χ3v) is 4.65. The Morgan fingerprint density at radius 3 is 1.86 bits per heavy atom. The van der Waals surface area contributed by atoms with Gasteiger partial charge in [-0.2, -0.15) is 0 Å². The van der Waals surface area contributed by atoms with Crippen molar-refractivity contribution in [1.29, 1.82) is 5.41 Å². The van der Waals surface area contributed by atoms with E-state index in [1.807, 2.05) is 0 Å². The molecular weight excluding hydrogens is 377 g/mol. The van der Waals surface area contributed by atoms with Crippen LogP contribution in [0.15, 0.2) is 12.2 Å². The van der Waals surface area contributed by atoms with Crippen LogP contribution in [0.3, 0.4) is 0 Å². The maximum atomic E-state index is 11.6. The standard InChI is InChI=1S/C22H41N3O3.Na.H/c1-3-4-5-6-7-8-9-10-11-12-13-14-15-16-17-18-20(26)28-21(27)19-25(2)22(23)24;;/h10-11H,3-9,12-19H2,1-2H3,(H3,23,24);;/b11-10-;;. The van der Waals surface area contributed by atoms with E-state index in [0.717, 1.165) is 25.7 Å². The fraction of sp³-hybridized carbons (Fsp3) is 0.773. The molecule has 0 amide bonds. The zero-order valence-electron chi connectivity index (χ0n) is 18.0. The van der Waals surface area contributed by atoms with Crippen LogP contribution in [0.2, 0.25) is 0 Å². The quantitative estimate of drug-likeness (QED) is 0.0698. The van der Waals surface area contributed by atoms with Crippen molar-refractivity contribution in [2.24, 2.45) is 5.73 Å². The molecule has 0 radical (unpaired) electrons. The van der Waals surface area contributed by atoms with Crippen molar-refractivity contribution in [2.45, 2.75) is 96.8 Å². The molecule has 0 atom stereocenters. The van der Waals surface area contributed by atoms with Crippen molar-refractivity contribution in [3.05, 3.63) is 12.2 Å². The van der Waals surface area contributed by atoms with E-state index >= 15 is 0 Å². The number of carbonyl (C=O) groups is 2. The number of ether oxygens (including phenoxy) is 1. The second-order valence-corrected chi connectivity index (χ2v) is 7.42. The maximum absolute atomic E-state index is 11.6. The van der Waals surface area contributed by atoms with Crippen molar-refractivity contribution in [3.63, 3.8) is 0 Å². The Hall–Kier alpha value is -0.850. The van der Waals surface area contributed by atoms with Gasteiger partial charge in [0.1, 0.15) is 6.54 Å². The fourth-order valence-electron chi connectivity index (χ4n) is 2.83. The first-order valence-electron chi connectivity index (χ1n) is 10.9. The zero-order chi connectivity index (χ0) is 21.0. The Morgan fingerprint density at radius 2 is 1.34 bits per heavy atom. The summed E-state index contributed by atoms with van der Waals surface area (Å²) in [5, 5.41) is 7.16. The molecule has 0 spiro atoms. The molecule has 7 heteroatoms. The number of unbranched alkanes of at least 4 members (excludes halogenated alkanes) is 11. The molecule has 164 valence electrons. The second-order valence-electron chi connectivity index (χ2n) is 7.42. The number of rotatable bonds is 17. The molecule has 3 N–H and O–H groups in total. The number of likely N-dealkylation sites (N-methyl/N-ethyl adjacent to an activating group) is 1. The van der Waals surface area contributed by atoms with E-state index in [-0.39, 0.29) is 48.5 Å². The van der Waals surface area contributed by atoms with Gasteiger partial charge in [-0.15, -0.1) is 0 Å². The number of nitrogens with one attached hydrogen (secondary N) is 1. The number of hydrogen-bond acceptors (Lipinski definition) is 4. The second kappa shape index (κ2) is 21.8. The predicted molar refractivity (Wildman–Crippen MR) is 122 cm³/mol. The molecule has 0 aliphatic heterocycles. The minimum atomic E-state index is -0.671. The van der Waals surface area contributed by atoms with Gasteiger partial charge < -0.3 is 15.4 Å². The Morgan fingerprint density at radius 1 is 0.862 bits per heavy atom. The minimum absolute atomic E-state index is 0. The van der Waals surface area contributed by atoms with Crippen molar-refractivity contribution in [2.75, 3.05) is 13.6 Å². The molecule has 29 heavy (non-hydrogen) atoms. The molecular formula is C22H42N3NaO3. The predicted octanol–water partition coefficient (Wildman–Crippen LogP) is 4.27. The molecule has 0 aliphatic carbocycles. The molecule has 0 unspecified atom stereocenters. The van der Waals surface area contributed by atoms with Gasteiger partial charge in [0.15, 0.2) is 5.96 Å². The molecule has 0 aromatic heterocycles. The summed E-state index contributed by atoms with van der Waals surface area (Å²) in [5.74, 6) is -1.41. The first-order valence-corrected chi connectivity index (χ1v) is 10.9. The summed E-state index contributed by atoms with van der Waals surface area (Å²) in [7, 11) is 1.50. The van der Waals surface area contributed by atoms with E-state index in [1.54, 1.807) is 0 Å². The average molecular weight is 420 g/mol. The van der Waals surface area contributed by atoms with Crippen LogP contribution in [0.5, 0.6) is 0 Å². The van der Waals surface area contributed by atoms with E-state index in [2.05, 4.69) is 19.1 Å². The third-order valence-electron chi connectivity index (χ3n) is 4.65. The first kappa shape index (κ1) is 30.3. The number of esters is 2. The fourth-order valence-corrected chi connectivity index (χ4v) is 2.83. The Kier molecular flexibility index (Phi) is 22.9. The molecule has 0 aromatic carbocycles. The Labute approximate surface area is 199 Å². The summed E-state index contributed by atoms with van der Waals surface area (Å²) in [5.41, 5.74) is 5.23. The molecule has 0 heterocycles. The number of hydrogen-bond donors (Lipinski definition) is 2. The molecule has 0 rings (SSSR count). The molecule has 0 saturated carbocycles. The van der Waals surface area contributed by atoms with Crippen LogP contribution in [0.25, 0.3) is 0 Å². The van der Waals surface area contributed by atoms with Gasteiger partial charge in [-0.3, -0.25) is 10.2 Å². The van der Waals surface area contributed by atoms with Gasteiger partial charge in [0.05, 0.1) is 0 Å². The molecule has 0 bridgehead atoms. The third kappa shape index (κ3) is 21.7. The molecule has 0 aliphatic rings. The van der Waals surface area contributed by atoms with Gasteiger partial charge in [0.2, 0.25) is 0 Å². The molecule has 0 aromatic rings. The number of guanidine groups is 1. The summed E-state index contributed by atoms with van der Waals surface area (Å²) < 4.78 is 4.71. The zero-order valence-corrected chi connectivity index (χ0v) is 18.0. The number of carbonyl (C=O) groups excluding carboxylic acids is 2. The SMILES string of the molecule is CCCCCCCC/C=C\CCCCCCCC(=O)OC(=O)CN(C)C(=N)N.[NaH]. The van der Waals surface area contributed by atoms with E-state index in [0.29, 0.717) is 0 Å². The van der Waals surface area contributed by atoms with Crippen LogP contribution in [-0.2, 0) is 14.3 Å². The summed E-state index contributed by atoms with van der Waals surface area (Å²) in [6, 6.07) is 0. The number of nitrogens with two attached hydrogens (primary N) is 1. The molecule has 0 saturated heterocycles. The monoisotopic (exact) mass is 419 g/mol. The van der Waals surface area contributed by atoms with Crippen molar-refractivity contribution in [3.8, 4) is 0 Å². The topological polar surface area (TPSA) is 96.5 Å². The Balaban J connectivity index is 0. The van der Waals surface area contributed by atoms with Gasteiger partial charge in [-0.25, -0.2) is 4.79 Å². The van der Waals surface area contributed by atoms with Crippen LogP contribution < -0.4 is 5.73 Å². The van der Waals surface area contributed by atoms with E-state index in [1.165, 1.54) is 69.7 Å². The van der Waals surface area contributed by atoms with Crippen LogP contribution in [0.4, 0.5) is 0 Å².